The van der Waals surface area contributed by atoms with Gasteiger partial charge < -0.3 is 9.47 Å². The number of hydrogen-bond acceptors (Lipinski definition) is 4. The van der Waals surface area contributed by atoms with Gasteiger partial charge in [0.1, 0.15) is 5.69 Å². The summed E-state index contributed by atoms with van der Waals surface area (Å²) < 4.78 is 10.9. The standard InChI is InChI=1S/C24H18Cl2N2O2/c1-29-22-12-11-15(13-23(22)30-2)18-14-21(16-7-3-5-9-19(16)25)27-28-24(18)17-8-4-6-10-20(17)26/h3-14H,1-2H3. The number of halogens is 2. The van der Waals surface area contributed by atoms with Gasteiger partial charge in [0.05, 0.1) is 30.0 Å². The van der Waals surface area contributed by atoms with Crippen molar-refractivity contribution in [1.29, 1.82) is 0 Å². The van der Waals surface area contributed by atoms with Gasteiger partial charge in [-0.1, -0.05) is 65.7 Å². The highest BCUT2D eigenvalue weighted by Crippen LogP contribution is 2.39. The Labute approximate surface area is 185 Å². The number of aromatic nitrogens is 2. The predicted octanol–water partition coefficient (Wildman–Crippen LogP) is 6.80. The largest absolute Gasteiger partial charge is 0.493 e. The van der Waals surface area contributed by atoms with Gasteiger partial charge in [-0.3, -0.25) is 0 Å². The molecule has 150 valence electrons. The summed E-state index contributed by atoms with van der Waals surface area (Å²) in [6.07, 6.45) is 0. The van der Waals surface area contributed by atoms with Crippen molar-refractivity contribution in [1.82, 2.24) is 10.2 Å². The van der Waals surface area contributed by atoms with Crippen molar-refractivity contribution in [3.8, 4) is 45.1 Å². The Bertz CT molecular complexity index is 1210. The first-order valence-corrected chi connectivity index (χ1v) is 9.98. The summed E-state index contributed by atoms with van der Waals surface area (Å²) in [4.78, 5) is 0. The first kappa shape index (κ1) is 20.2. The Morgan fingerprint density at radius 1 is 0.633 bits per heavy atom. The molecule has 0 saturated carbocycles. The van der Waals surface area contributed by atoms with Crippen LogP contribution in [-0.4, -0.2) is 24.4 Å². The molecule has 0 aliphatic heterocycles. The molecule has 1 heterocycles. The second-order valence-corrected chi connectivity index (χ2v) is 7.34. The molecule has 0 saturated heterocycles. The highest BCUT2D eigenvalue weighted by atomic mass is 35.5. The Morgan fingerprint density at radius 2 is 1.27 bits per heavy atom. The normalized spacial score (nSPS) is 10.7. The van der Waals surface area contributed by atoms with E-state index in [0.29, 0.717) is 32.9 Å². The van der Waals surface area contributed by atoms with Crippen molar-refractivity contribution in [2.45, 2.75) is 0 Å². The molecular weight excluding hydrogens is 419 g/mol. The van der Waals surface area contributed by atoms with E-state index in [4.69, 9.17) is 32.7 Å². The zero-order chi connectivity index (χ0) is 21.1. The molecule has 30 heavy (non-hydrogen) atoms. The van der Waals surface area contributed by atoms with Gasteiger partial charge in [-0.25, -0.2) is 0 Å². The molecule has 0 aliphatic carbocycles. The van der Waals surface area contributed by atoms with Gasteiger partial charge >= 0.3 is 0 Å². The zero-order valence-electron chi connectivity index (χ0n) is 16.4. The number of hydrogen-bond donors (Lipinski definition) is 0. The molecule has 0 fully saturated rings. The van der Waals surface area contributed by atoms with Crippen molar-refractivity contribution in [3.63, 3.8) is 0 Å². The second-order valence-electron chi connectivity index (χ2n) is 6.52. The Balaban J connectivity index is 1.97. The highest BCUT2D eigenvalue weighted by molar-refractivity contribution is 6.33. The first-order valence-electron chi connectivity index (χ1n) is 9.22. The van der Waals surface area contributed by atoms with Crippen molar-refractivity contribution < 1.29 is 9.47 Å². The molecule has 0 atom stereocenters. The van der Waals surface area contributed by atoms with Crippen molar-refractivity contribution in [2.24, 2.45) is 0 Å². The fourth-order valence-electron chi connectivity index (χ4n) is 3.27. The van der Waals surface area contributed by atoms with Crippen LogP contribution >= 0.6 is 23.2 Å². The van der Waals surface area contributed by atoms with Crippen LogP contribution in [0.25, 0.3) is 33.6 Å². The molecule has 4 aromatic rings. The number of ether oxygens (including phenoxy) is 2. The van der Waals surface area contributed by atoms with Gasteiger partial charge in [-0.15, -0.1) is 10.2 Å². The van der Waals surface area contributed by atoms with Crippen LogP contribution in [0.1, 0.15) is 0 Å². The number of nitrogens with zero attached hydrogens (tertiary/aromatic N) is 2. The smallest absolute Gasteiger partial charge is 0.161 e. The summed E-state index contributed by atoms with van der Waals surface area (Å²) in [5.41, 5.74) is 4.69. The SMILES string of the molecule is COc1ccc(-c2cc(-c3ccccc3Cl)nnc2-c2ccccc2Cl)cc1OC. The van der Waals surface area contributed by atoms with Gasteiger partial charge in [0, 0.05) is 16.7 Å². The van der Waals surface area contributed by atoms with Crippen molar-refractivity contribution in [3.05, 3.63) is 82.8 Å². The minimum atomic E-state index is 0.596. The van der Waals surface area contributed by atoms with Crippen LogP contribution in [0, 0.1) is 0 Å². The van der Waals surface area contributed by atoms with E-state index in [2.05, 4.69) is 10.2 Å². The number of rotatable bonds is 5. The van der Waals surface area contributed by atoms with E-state index >= 15 is 0 Å². The third kappa shape index (κ3) is 3.84. The van der Waals surface area contributed by atoms with E-state index in [9.17, 15) is 0 Å². The van der Waals surface area contributed by atoms with Crippen LogP contribution in [0.4, 0.5) is 0 Å². The lowest BCUT2D eigenvalue weighted by Gasteiger charge is -2.14. The van der Waals surface area contributed by atoms with Crippen LogP contribution in [0.3, 0.4) is 0 Å². The average Bonchev–Trinajstić information content (AvgIpc) is 2.79. The molecule has 0 radical (unpaired) electrons. The van der Waals surface area contributed by atoms with Gasteiger partial charge in [0.15, 0.2) is 11.5 Å². The molecule has 6 heteroatoms. The van der Waals surface area contributed by atoms with Gasteiger partial charge in [-0.2, -0.15) is 0 Å². The van der Waals surface area contributed by atoms with E-state index in [1.165, 1.54) is 0 Å². The summed E-state index contributed by atoms with van der Waals surface area (Å²) >= 11 is 12.9. The first-order chi connectivity index (χ1) is 14.6. The van der Waals surface area contributed by atoms with Crippen molar-refractivity contribution in [2.75, 3.05) is 14.2 Å². The third-order valence-corrected chi connectivity index (χ3v) is 5.43. The monoisotopic (exact) mass is 436 g/mol. The average molecular weight is 437 g/mol. The van der Waals surface area contributed by atoms with Gasteiger partial charge in [-0.05, 0) is 35.9 Å². The van der Waals surface area contributed by atoms with E-state index in [1.807, 2.05) is 72.8 Å². The minimum Gasteiger partial charge on any atom is -0.493 e. The number of benzene rings is 3. The summed E-state index contributed by atoms with van der Waals surface area (Å²) in [7, 11) is 3.22. The van der Waals surface area contributed by atoms with E-state index in [0.717, 1.165) is 22.3 Å². The molecule has 0 aliphatic rings. The highest BCUT2D eigenvalue weighted by Gasteiger charge is 2.17. The zero-order valence-corrected chi connectivity index (χ0v) is 17.9. The third-order valence-electron chi connectivity index (χ3n) is 4.77. The predicted molar refractivity (Wildman–Crippen MR) is 121 cm³/mol. The van der Waals surface area contributed by atoms with Crippen LogP contribution in [0.5, 0.6) is 11.5 Å². The lowest BCUT2D eigenvalue weighted by molar-refractivity contribution is 0.355. The maximum atomic E-state index is 6.47. The van der Waals surface area contributed by atoms with E-state index < -0.39 is 0 Å². The summed E-state index contributed by atoms with van der Waals surface area (Å²) in [5.74, 6) is 1.27. The second kappa shape index (κ2) is 8.74. The maximum absolute atomic E-state index is 6.47. The lowest BCUT2D eigenvalue weighted by Crippen LogP contribution is -1.97. The molecule has 4 nitrogen and oxygen atoms in total. The lowest BCUT2D eigenvalue weighted by atomic mass is 9.97. The van der Waals surface area contributed by atoms with Crippen LogP contribution in [-0.2, 0) is 0 Å². The molecule has 4 rings (SSSR count). The molecule has 1 aromatic heterocycles. The van der Waals surface area contributed by atoms with Gasteiger partial charge in [0.25, 0.3) is 0 Å². The summed E-state index contributed by atoms with van der Waals surface area (Å²) in [6.45, 7) is 0. The quantitative estimate of drug-likeness (QED) is 0.344. The molecule has 0 N–H and O–H groups in total. The molecule has 0 amide bonds. The van der Waals surface area contributed by atoms with E-state index in [-0.39, 0.29) is 0 Å². The van der Waals surface area contributed by atoms with Crippen LogP contribution < -0.4 is 9.47 Å². The van der Waals surface area contributed by atoms with Crippen LogP contribution in [0.2, 0.25) is 10.0 Å². The number of methoxy groups -OCH3 is 2. The molecule has 0 unspecified atom stereocenters. The molecule has 0 spiro atoms. The fourth-order valence-corrected chi connectivity index (χ4v) is 3.73. The Morgan fingerprint density at radius 3 is 1.90 bits per heavy atom. The summed E-state index contributed by atoms with van der Waals surface area (Å²) in [5, 5.41) is 10.2. The van der Waals surface area contributed by atoms with Crippen LogP contribution in [0.15, 0.2) is 72.8 Å². The minimum absolute atomic E-state index is 0.596. The summed E-state index contributed by atoms with van der Waals surface area (Å²) in [6, 6.07) is 22.8. The topological polar surface area (TPSA) is 44.2 Å². The van der Waals surface area contributed by atoms with Gasteiger partial charge in [0.2, 0.25) is 0 Å². The molecule has 0 bridgehead atoms. The Hall–Kier alpha value is -3.08. The Kier molecular flexibility index (Phi) is 5.88. The van der Waals surface area contributed by atoms with E-state index in [1.54, 1.807) is 14.2 Å². The molecular formula is C24H18Cl2N2O2. The maximum Gasteiger partial charge on any atom is 0.161 e. The molecule has 3 aromatic carbocycles. The van der Waals surface area contributed by atoms with Crippen molar-refractivity contribution >= 4 is 23.2 Å². The fraction of sp³-hybridized carbons (Fsp3) is 0.0833.